The molecular formula is C31H48N2O5S. The lowest BCUT2D eigenvalue weighted by Gasteiger charge is -2.43. The van der Waals surface area contributed by atoms with Crippen LogP contribution in [0.2, 0.25) is 0 Å². The molecule has 2 N–H and O–H groups in total. The van der Waals surface area contributed by atoms with Gasteiger partial charge in [0, 0.05) is 4.75 Å². The Kier molecular flexibility index (Phi) is 12.0. The SMILES string of the molecule is CCCCCCCCCCCCCCCc1cccc(OC)c1C(=O)NC1C(=O)N2C1SC(C)(C)C2C(=O)O. The minimum absolute atomic E-state index is 0.340. The Morgan fingerprint density at radius 3 is 2.08 bits per heavy atom. The number of β-lactam (4-membered cyclic amide) rings is 1. The minimum Gasteiger partial charge on any atom is -0.496 e. The van der Waals surface area contributed by atoms with Gasteiger partial charge in [0.1, 0.15) is 23.2 Å². The van der Waals surface area contributed by atoms with Crippen molar-refractivity contribution in [2.75, 3.05) is 7.11 Å². The molecule has 7 nitrogen and oxygen atoms in total. The van der Waals surface area contributed by atoms with Crippen molar-refractivity contribution in [3.8, 4) is 5.75 Å². The van der Waals surface area contributed by atoms with E-state index in [9.17, 15) is 19.5 Å². The number of benzene rings is 1. The van der Waals surface area contributed by atoms with Crippen LogP contribution in [0.3, 0.4) is 0 Å². The molecule has 2 fully saturated rings. The number of methoxy groups -OCH3 is 1. The average molecular weight is 561 g/mol. The van der Waals surface area contributed by atoms with Gasteiger partial charge in [0.2, 0.25) is 5.91 Å². The molecule has 0 saturated carbocycles. The van der Waals surface area contributed by atoms with Crippen molar-refractivity contribution in [2.24, 2.45) is 0 Å². The van der Waals surface area contributed by atoms with E-state index in [1.165, 1.54) is 87.3 Å². The van der Waals surface area contributed by atoms with E-state index in [-0.39, 0.29) is 17.2 Å². The van der Waals surface area contributed by atoms with Crippen molar-refractivity contribution < 1.29 is 24.2 Å². The van der Waals surface area contributed by atoms with Gasteiger partial charge >= 0.3 is 5.97 Å². The van der Waals surface area contributed by atoms with Crippen LogP contribution in [0.4, 0.5) is 0 Å². The molecule has 8 heteroatoms. The van der Waals surface area contributed by atoms with E-state index in [2.05, 4.69) is 12.2 Å². The third-order valence-electron chi connectivity index (χ3n) is 8.07. The van der Waals surface area contributed by atoms with E-state index in [1.54, 1.807) is 13.2 Å². The molecule has 3 unspecified atom stereocenters. The van der Waals surface area contributed by atoms with Crippen LogP contribution >= 0.6 is 11.8 Å². The number of aliphatic carboxylic acids is 1. The first-order chi connectivity index (χ1) is 18.7. The summed E-state index contributed by atoms with van der Waals surface area (Å²) in [6.07, 6.45) is 17.5. The summed E-state index contributed by atoms with van der Waals surface area (Å²) in [5, 5.41) is 12.2. The first kappa shape index (κ1) is 31.3. The smallest absolute Gasteiger partial charge is 0.327 e. The maximum absolute atomic E-state index is 13.4. The van der Waals surface area contributed by atoms with Gasteiger partial charge in [-0.25, -0.2) is 4.79 Å². The summed E-state index contributed by atoms with van der Waals surface area (Å²) in [5.74, 6) is -1.21. The normalized spacial score (nSPS) is 21.4. The number of hydrogen-bond acceptors (Lipinski definition) is 5. The maximum atomic E-state index is 13.4. The van der Waals surface area contributed by atoms with Gasteiger partial charge in [-0.05, 0) is 38.3 Å². The molecule has 2 saturated heterocycles. The van der Waals surface area contributed by atoms with Gasteiger partial charge in [0.25, 0.3) is 5.91 Å². The Balaban J connectivity index is 1.45. The number of carbonyl (C=O) groups excluding carboxylic acids is 2. The van der Waals surface area contributed by atoms with E-state index < -0.39 is 22.8 Å². The van der Waals surface area contributed by atoms with Crippen LogP contribution in [0, 0.1) is 0 Å². The van der Waals surface area contributed by atoms with Crippen molar-refractivity contribution in [1.29, 1.82) is 0 Å². The van der Waals surface area contributed by atoms with E-state index in [0.29, 0.717) is 11.3 Å². The van der Waals surface area contributed by atoms with Crippen LogP contribution in [0.15, 0.2) is 18.2 Å². The Hall–Kier alpha value is -2.22. The number of unbranched alkanes of at least 4 members (excludes halogenated alkanes) is 12. The van der Waals surface area contributed by atoms with E-state index in [0.717, 1.165) is 24.8 Å². The van der Waals surface area contributed by atoms with E-state index in [4.69, 9.17) is 4.74 Å². The molecule has 2 aliphatic heterocycles. The Morgan fingerprint density at radius 2 is 1.54 bits per heavy atom. The molecule has 218 valence electrons. The van der Waals surface area contributed by atoms with Gasteiger partial charge in [-0.3, -0.25) is 9.59 Å². The molecule has 0 bridgehead atoms. The number of carbonyl (C=O) groups is 3. The number of nitrogens with one attached hydrogen (secondary N) is 1. The molecule has 0 spiro atoms. The summed E-state index contributed by atoms with van der Waals surface area (Å²) >= 11 is 1.43. The fourth-order valence-corrected chi connectivity index (χ4v) is 7.53. The summed E-state index contributed by atoms with van der Waals surface area (Å²) in [6, 6.07) is 3.99. The topological polar surface area (TPSA) is 95.9 Å². The lowest BCUT2D eigenvalue weighted by molar-refractivity contribution is -0.159. The predicted octanol–water partition coefficient (Wildman–Crippen LogP) is 6.57. The quantitative estimate of drug-likeness (QED) is 0.156. The summed E-state index contributed by atoms with van der Waals surface area (Å²) < 4.78 is 4.89. The highest BCUT2D eigenvalue weighted by molar-refractivity contribution is 8.01. The van der Waals surface area contributed by atoms with Gasteiger partial charge in [0.15, 0.2) is 0 Å². The second kappa shape index (κ2) is 15.0. The third-order valence-corrected chi connectivity index (χ3v) is 9.64. The van der Waals surface area contributed by atoms with Gasteiger partial charge in [-0.15, -0.1) is 11.8 Å². The fourth-order valence-electron chi connectivity index (χ4n) is 5.90. The number of rotatable bonds is 18. The largest absolute Gasteiger partial charge is 0.496 e. The Morgan fingerprint density at radius 1 is 0.974 bits per heavy atom. The number of aryl methyl sites for hydroxylation is 1. The molecule has 1 aromatic rings. The molecule has 2 aliphatic rings. The van der Waals surface area contributed by atoms with Crippen molar-refractivity contribution in [1.82, 2.24) is 10.2 Å². The molecule has 3 atom stereocenters. The predicted molar refractivity (Wildman–Crippen MR) is 157 cm³/mol. The minimum atomic E-state index is -1.02. The van der Waals surface area contributed by atoms with Crippen molar-refractivity contribution >= 4 is 29.5 Å². The Bertz CT molecular complexity index is 982. The second-order valence-corrected chi connectivity index (χ2v) is 13.3. The van der Waals surface area contributed by atoms with Crippen molar-refractivity contribution in [3.05, 3.63) is 29.3 Å². The molecule has 2 amide bonds. The monoisotopic (exact) mass is 560 g/mol. The summed E-state index contributed by atoms with van der Waals surface area (Å²) in [4.78, 5) is 39.5. The fraction of sp³-hybridized carbons (Fsp3) is 0.710. The van der Waals surface area contributed by atoms with E-state index >= 15 is 0 Å². The number of ether oxygens (including phenoxy) is 1. The zero-order chi connectivity index (χ0) is 28.4. The number of carboxylic acid groups (broad SMARTS) is 1. The second-order valence-electron chi connectivity index (χ2n) is 11.5. The highest BCUT2D eigenvalue weighted by Gasteiger charge is 2.64. The van der Waals surface area contributed by atoms with Crippen LogP contribution in [-0.4, -0.2) is 57.1 Å². The number of nitrogens with zero attached hydrogens (tertiary/aromatic N) is 1. The lowest BCUT2D eigenvalue weighted by atomic mass is 9.95. The van der Waals surface area contributed by atoms with Crippen LogP contribution in [0.1, 0.15) is 120 Å². The number of fused-ring (bicyclic) bond motifs is 1. The highest BCUT2D eigenvalue weighted by atomic mass is 32.2. The van der Waals surface area contributed by atoms with Gasteiger partial charge in [-0.2, -0.15) is 0 Å². The average Bonchev–Trinajstić information content (AvgIpc) is 3.17. The summed E-state index contributed by atoms with van der Waals surface area (Å²) in [6.45, 7) is 5.91. The van der Waals surface area contributed by atoms with Crippen LogP contribution in [-0.2, 0) is 16.0 Å². The van der Waals surface area contributed by atoms with Gasteiger partial charge in [0.05, 0.1) is 12.7 Å². The zero-order valence-corrected chi connectivity index (χ0v) is 25.1. The van der Waals surface area contributed by atoms with Crippen molar-refractivity contribution in [2.45, 2.75) is 133 Å². The van der Waals surface area contributed by atoms with Crippen LogP contribution in [0.25, 0.3) is 0 Å². The van der Waals surface area contributed by atoms with E-state index in [1.807, 2.05) is 26.0 Å². The summed E-state index contributed by atoms with van der Waals surface area (Å²) in [7, 11) is 1.55. The number of hydrogen-bond donors (Lipinski definition) is 2. The molecule has 0 aliphatic carbocycles. The highest BCUT2D eigenvalue weighted by Crippen LogP contribution is 2.50. The van der Waals surface area contributed by atoms with Gasteiger partial charge in [-0.1, -0.05) is 96.1 Å². The third kappa shape index (κ3) is 7.92. The zero-order valence-electron chi connectivity index (χ0n) is 24.3. The van der Waals surface area contributed by atoms with Crippen molar-refractivity contribution in [3.63, 3.8) is 0 Å². The molecule has 2 heterocycles. The van der Waals surface area contributed by atoms with Crippen LogP contribution in [0.5, 0.6) is 5.75 Å². The number of carboxylic acids is 1. The summed E-state index contributed by atoms with van der Waals surface area (Å²) in [5.41, 5.74) is 1.39. The lowest BCUT2D eigenvalue weighted by Crippen LogP contribution is -2.70. The molecule has 1 aromatic carbocycles. The first-order valence-corrected chi connectivity index (χ1v) is 15.8. The van der Waals surface area contributed by atoms with Gasteiger partial charge < -0.3 is 20.1 Å². The number of amides is 2. The number of thioether (sulfide) groups is 1. The molecule has 3 rings (SSSR count). The molecule has 0 radical (unpaired) electrons. The Labute approximate surface area is 238 Å². The molecule has 0 aromatic heterocycles. The van der Waals surface area contributed by atoms with Crippen LogP contribution < -0.4 is 10.1 Å². The molecular weight excluding hydrogens is 512 g/mol. The first-order valence-electron chi connectivity index (χ1n) is 14.9. The molecule has 39 heavy (non-hydrogen) atoms. The maximum Gasteiger partial charge on any atom is 0.327 e. The standard InChI is InChI=1S/C31H48N2O5S/c1-5-6-7-8-9-10-11-12-13-14-15-16-17-19-22-20-18-21-23(38-4)24(22)27(34)32-25-28(35)33-26(30(36)37)31(2,3)39-29(25)33/h18,20-21,25-26,29H,5-17,19H2,1-4H3,(H,32,34)(H,36,37).